The third-order valence-electron chi connectivity index (χ3n) is 4.13. The summed E-state index contributed by atoms with van der Waals surface area (Å²) < 4.78 is 32.7. The van der Waals surface area contributed by atoms with E-state index in [0.717, 1.165) is 29.9 Å². The van der Waals surface area contributed by atoms with Crippen LogP contribution in [0.2, 0.25) is 0 Å². The van der Waals surface area contributed by atoms with Gasteiger partial charge in [-0.25, -0.2) is 8.42 Å². The van der Waals surface area contributed by atoms with E-state index in [4.69, 9.17) is 4.42 Å². The van der Waals surface area contributed by atoms with Crippen molar-refractivity contribution >= 4 is 21.8 Å². The summed E-state index contributed by atoms with van der Waals surface area (Å²) >= 11 is 1.76. The summed E-state index contributed by atoms with van der Waals surface area (Å²) in [5.74, 6) is 1.71. The number of benzene rings is 1. The van der Waals surface area contributed by atoms with Gasteiger partial charge in [-0.2, -0.15) is 4.31 Å². The minimum Gasteiger partial charge on any atom is -0.468 e. The van der Waals surface area contributed by atoms with Gasteiger partial charge in [-0.3, -0.25) is 0 Å². The molecule has 0 N–H and O–H groups in total. The van der Waals surface area contributed by atoms with Crippen molar-refractivity contribution in [2.75, 3.05) is 18.8 Å². The average Bonchev–Trinajstić information content (AvgIpc) is 2.99. The molecule has 4 nitrogen and oxygen atoms in total. The molecule has 0 spiro atoms. The maximum absolute atomic E-state index is 12.8. The molecular weight excluding hydrogens is 330 g/mol. The number of nitrogens with zero attached hydrogens (tertiary/aromatic N) is 1. The molecule has 2 aromatic rings. The van der Waals surface area contributed by atoms with Crippen molar-refractivity contribution in [1.29, 1.82) is 0 Å². The molecule has 0 aliphatic carbocycles. The zero-order valence-corrected chi connectivity index (χ0v) is 14.8. The Morgan fingerprint density at radius 1 is 1.22 bits per heavy atom. The zero-order valence-electron chi connectivity index (χ0n) is 13.1. The number of hydrogen-bond donors (Lipinski definition) is 0. The van der Waals surface area contributed by atoms with Crippen LogP contribution >= 0.6 is 11.8 Å². The van der Waals surface area contributed by atoms with E-state index in [9.17, 15) is 8.42 Å². The molecule has 1 atom stereocenters. The first kappa shape index (κ1) is 16.6. The molecule has 1 aromatic carbocycles. The predicted molar refractivity (Wildman–Crippen MR) is 93.1 cm³/mol. The first-order chi connectivity index (χ1) is 11.1. The van der Waals surface area contributed by atoms with Gasteiger partial charge in [-0.1, -0.05) is 19.1 Å². The van der Waals surface area contributed by atoms with E-state index in [1.54, 1.807) is 34.5 Å². The molecule has 0 saturated carbocycles. The van der Waals surface area contributed by atoms with Crippen molar-refractivity contribution < 1.29 is 12.8 Å². The lowest BCUT2D eigenvalue weighted by atomic mass is 10.2. The van der Waals surface area contributed by atoms with E-state index in [-0.39, 0.29) is 5.25 Å². The Hall–Kier alpha value is -1.24. The second-order valence-electron chi connectivity index (χ2n) is 5.57. The Morgan fingerprint density at radius 3 is 2.65 bits per heavy atom. The molecule has 1 aromatic heterocycles. The van der Waals surface area contributed by atoms with E-state index in [0.29, 0.717) is 18.0 Å². The monoisotopic (exact) mass is 351 g/mol. The predicted octanol–water partition coefficient (Wildman–Crippen LogP) is 3.71. The minimum atomic E-state index is -3.41. The quantitative estimate of drug-likeness (QED) is 0.842. The molecule has 0 radical (unpaired) electrons. The molecule has 6 heteroatoms. The number of furan rings is 1. The minimum absolute atomic E-state index is 0.229. The Labute approximate surface area is 141 Å². The number of sulfonamides is 1. The standard InChI is InChI=1S/C17H21NO3S2/c1-2-14-5-7-15(8-6-14)23(19,20)18-10-9-17(22-13-11-18)16-4-3-12-21-16/h3-8,12,17H,2,9-11,13H2,1H3. The van der Waals surface area contributed by atoms with Gasteiger partial charge in [0.25, 0.3) is 0 Å². The summed E-state index contributed by atoms with van der Waals surface area (Å²) in [4.78, 5) is 0.385. The van der Waals surface area contributed by atoms with Gasteiger partial charge in [-0.05, 0) is 42.7 Å². The highest BCUT2D eigenvalue weighted by Crippen LogP contribution is 2.35. The van der Waals surface area contributed by atoms with Crippen LogP contribution in [0.15, 0.2) is 52.0 Å². The van der Waals surface area contributed by atoms with Gasteiger partial charge < -0.3 is 4.42 Å². The van der Waals surface area contributed by atoms with Crippen LogP contribution in [0.4, 0.5) is 0 Å². The largest absolute Gasteiger partial charge is 0.468 e. The fourth-order valence-electron chi connectivity index (χ4n) is 2.74. The van der Waals surface area contributed by atoms with E-state index in [1.807, 2.05) is 24.3 Å². The first-order valence-corrected chi connectivity index (χ1v) is 10.3. The highest BCUT2D eigenvalue weighted by atomic mass is 32.2. The smallest absolute Gasteiger partial charge is 0.243 e. The summed E-state index contributed by atoms with van der Waals surface area (Å²) in [6.45, 7) is 3.13. The molecule has 1 aliphatic rings. The van der Waals surface area contributed by atoms with Crippen LogP contribution in [0.5, 0.6) is 0 Å². The molecule has 1 saturated heterocycles. The molecular formula is C17H21NO3S2. The van der Waals surface area contributed by atoms with Crippen LogP contribution in [0.25, 0.3) is 0 Å². The van der Waals surface area contributed by atoms with E-state index in [1.165, 1.54) is 0 Å². The highest BCUT2D eigenvalue weighted by Gasteiger charge is 2.29. The number of hydrogen-bond acceptors (Lipinski definition) is 4. The van der Waals surface area contributed by atoms with Crippen molar-refractivity contribution in [3.63, 3.8) is 0 Å². The van der Waals surface area contributed by atoms with Crippen molar-refractivity contribution in [1.82, 2.24) is 4.31 Å². The molecule has 3 rings (SSSR count). The van der Waals surface area contributed by atoms with Crippen LogP contribution in [0.3, 0.4) is 0 Å². The molecule has 0 bridgehead atoms. The zero-order chi connectivity index (χ0) is 16.3. The highest BCUT2D eigenvalue weighted by molar-refractivity contribution is 7.99. The lowest BCUT2D eigenvalue weighted by Gasteiger charge is -2.20. The third-order valence-corrected chi connectivity index (χ3v) is 7.33. The Kier molecular flexibility index (Phi) is 5.14. The molecule has 124 valence electrons. The number of aryl methyl sites for hydroxylation is 1. The fraction of sp³-hybridized carbons (Fsp3) is 0.412. The molecule has 2 heterocycles. The van der Waals surface area contributed by atoms with E-state index < -0.39 is 10.0 Å². The molecule has 1 fully saturated rings. The topological polar surface area (TPSA) is 50.5 Å². The van der Waals surface area contributed by atoms with Crippen LogP contribution in [-0.2, 0) is 16.4 Å². The van der Waals surface area contributed by atoms with E-state index in [2.05, 4.69) is 6.92 Å². The number of thioether (sulfide) groups is 1. The summed E-state index contributed by atoms with van der Waals surface area (Å²) in [5, 5.41) is 0.229. The van der Waals surface area contributed by atoms with Gasteiger partial charge in [-0.15, -0.1) is 11.8 Å². The maximum Gasteiger partial charge on any atom is 0.243 e. The maximum atomic E-state index is 12.8. The summed E-state index contributed by atoms with van der Waals surface area (Å²) in [6.07, 6.45) is 3.35. The molecule has 1 unspecified atom stereocenters. The first-order valence-electron chi connectivity index (χ1n) is 7.85. The Bertz CT molecular complexity index is 724. The van der Waals surface area contributed by atoms with Crippen molar-refractivity contribution in [2.24, 2.45) is 0 Å². The van der Waals surface area contributed by atoms with Gasteiger partial charge in [0.15, 0.2) is 0 Å². The normalized spacial score (nSPS) is 20.3. The Morgan fingerprint density at radius 2 is 2.00 bits per heavy atom. The second kappa shape index (κ2) is 7.11. The molecule has 23 heavy (non-hydrogen) atoms. The van der Waals surface area contributed by atoms with Crippen molar-refractivity contribution in [2.45, 2.75) is 29.9 Å². The van der Waals surface area contributed by atoms with Gasteiger partial charge >= 0.3 is 0 Å². The van der Waals surface area contributed by atoms with Crippen molar-refractivity contribution in [3.8, 4) is 0 Å². The van der Waals surface area contributed by atoms with Gasteiger partial charge in [0, 0.05) is 18.8 Å². The van der Waals surface area contributed by atoms with Crippen LogP contribution in [0, 0.1) is 0 Å². The van der Waals surface area contributed by atoms with Crippen LogP contribution in [-0.4, -0.2) is 31.6 Å². The van der Waals surface area contributed by atoms with Crippen LogP contribution in [0.1, 0.15) is 29.9 Å². The third kappa shape index (κ3) is 3.65. The van der Waals surface area contributed by atoms with Crippen molar-refractivity contribution in [3.05, 3.63) is 54.0 Å². The van der Waals surface area contributed by atoms with Gasteiger partial charge in [0.2, 0.25) is 10.0 Å². The SMILES string of the molecule is CCc1ccc(S(=O)(=O)N2CCSC(c3ccco3)CC2)cc1. The second-order valence-corrected chi connectivity index (χ2v) is 8.81. The summed E-state index contributed by atoms with van der Waals surface area (Å²) in [6, 6.07) is 11.1. The van der Waals surface area contributed by atoms with Gasteiger partial charge in [0.05, 0.1) is 16.4 Å². The average molecular weight is 351 g/mol. The lowest BCUT2D eigenvalue weighted by molar-refractivity contribution is 0.417. The molecule has 0 amide bonds. The van der Waals surface area contributed by atoms with E-state index >= 15 is 0 Å². The fourth-order valence-corrected chi connectivity index (χ4v) is 5.49. The van der Waals surface area contributed by atoms with Gasteiger partial charge in [0.1, 0.15) is 5.76 Å². The van der Waals surface area contributed by atoms with Crippen LogP contribution < -0.4 is 0 Å². The Balaban J connectivity index is 1.75. The summed E-state index contributed by atoms with van der Waals surface area (Å²) in [5.41, 5.74) is 1.15. The molecule has 1 aliphatic heterocycles. The summed E-state index contributed by atoms with van der Waals surface area (Å²) in [7, 11) is -3.41. The lowest BCUT2D eigenvalue weighted by Crippen LogP contribution is -2.33. The number of rotatable bonds is 4.